The first-order valence-corrected chi connectivity index (χ1v) is 15.4. The fourth-order valence-corrected chi connectivity index (χ4v) is 6.58. The van der Waals surface area contributed by atoms with Crippen molar-refractivity contribution in [3.63, 3.8) is 0 Å². The highest BCUT2D eigenvalue weighted by Gasteiger charge is 2.48. The lowest BCUT2D eigenvalue weighted by Crippen LogP contribution is -2.48. The van der Waals surface area contributed by atoms with Gasteiger partial charge in [-0.1, -0.05) is 36.4 Å². The van der Waals surface area contributed by atoms with Crippen molar-refractivity contribution >= 4 is 17.5 Å². The second kappa shape index (κ2) is 13.3. The van der Waals surface area contributed by atoms with Crippen molar-refractivity contribution in [3.05, 3.63) is 65.2 Å². The average Bonchev–Trinajstić information content (AvgIpc) is 3.72. The predicted molar refractivity (Wildman–Crippen MR) is 155 cm³/mol. The van der Waals surface area contributed by atoms with Gasteiger partial charge in [0, 0.05) is 56.7 Å². The second-order valence-corrected chi connectivity index (χ2v) is 12.0. The number of likely N-dealkylation sites (tertiary alicyclic amines) is 2. The summed E-state index contributed by atoms with van der Waals surface area (Å²) in [6, 6.07) is 13.2. The van der Waals surface area contributed by atoms with Crippen molar-refractivity contribution in [2.45, 2.75) is 75.2 Å². The van der Waals surface area contributed by atoms with Crippen LogP contribution in [0.25, 0.3) is 0 Å². The number of nitrogens with one attached hydrogen (secondary N) is 1. The Morgan fingerprint density at radius 2 is 1.60 bits per heavy atom. The summed E-state index contributed by atoms with van der Waals surface area (Å²) in [5.74, 6) is -3.12. The monoisotopic (exact) mass is 633 g/mol. The molecule has 2 amide bonds. The molecule has 4 saturated heterocycles. The van der Waals surface area contributed by atoms with E-state index in [9.17, 15) is 27.9 Å². The highest BCUT2D eigenvalue weighted by Crippen LogP contribution is 2.39. The summed E-state index contributed by atoms with van der Waals surface area (Å²) in [6.45, 7) is 3.43. The highest BCUT2D eigenvalue weighted by atomic mass is 19.4. The van der Waals surface area contributed by atoms with Crippen molar-refractivity contribution in [2.75, 3.05) is 44.7 Å². The molecule has 0 aromatic heterocycles. The van der Waals surface area contributed by atoms with E-state index in [1.807, 2.05) is 24.3 Å². The van der Waals surface area contributed by atoms with Gasteiger partial charge in [-0.25, -0.2) is 0 Å². The van der Waals surface area contributed by atoms with E-state index >= 15 is 0 Å². The minimum atomic E-state index is -5.03. The van der Waals surface area contributed by atoms with Crippen LogP contribution in [-0.4, -0.2) is 90.2 Å². The molecule has 244 valence electrons. The molecule has 0 aliphatic carbocycles. The van der Waals surface area contributed by atoms with E-state index in [0.29, 0.717) is 43.2 Å². The Morgan fingerprint density at radius 1 is 0.933 bits per heavy atom. The molecule has 10 nitrogen and oxygen atoms in total. The minimum absolute atomic E-state index is 0.0512. The Morgan fingerprint density at radius 3 is 2.24 bits per heavy atom. The van der Waals surface area contributed by atoms with Crippen molar-refractivity contribution < 1.29 is 46.8 Å². The van der Waals surface area contributed by atoms with Crippen LogP contribution >= 0.6 is 0 Å². The van der Waals surface area contributed by atoms with Crippen molar-refractivity contribution in [2.24, 2.45) is 0 Å². The molecule has 4 aliphatic heterocycles. The van der Waals surface area contributed by atoms with Gasteiger partial charge in [0.25, 0.3) is 0 Å². The van der Waals surface area contributed by atoms with E-state index in [1.165, 1.54) is 0 Å². The summed E-state index contributed by atoms with van der Waals surface area (Å²) in [5, 5.41) is 12.1. The first-order valence-electron chi connectivity index (χ1n) is 15.4. The van der Waals surface area contributed by atoms with Crippen LogP contribution in [0.2, 0.25) is 0 Å². The Bertz CT molecular complexity index is 1330. The number of ether oxygens (including phenoxy) is 4. The maximum atomic E-state index is 13.0. The van der Waals surface area contributed by atoms with E-state index in [-0.39, 0.29) is 31.8 Å². The zero-order valence-electron chi connectivity index (χ0n) is 24.8. The molecule has 2 aromatic carbocycles. The topological polar surface area (TPSA) is 110 Å². The number of rotatable bonds is 7. The zero-order chi connectivity index (χ0) is 31.6. The molecule has 4 heterocycles. The number of aliphatic hydroxyl groups excluding tert-OH is 1. The van der Waals surface area contributed by atoms with E-state index in [4.69, 9.17) is 18.9 Å². The molecule has 45 heavy (non-hydrogen) atoms. The van der Waals surface area contributed by atoms with Crippen LogP contribution in [0.15, 0.2) is 48.5 Å². The largest absolute Gasteiger partial charge is 0.471 e. The molecule has 2 aromatic rings. The average molecular weight is 634 g/mol. The van der Waals surface area contributed by atoms with Crippen LogP contribution in [-0.2, 0) is 35.1 Å². The molecule has 4 atom stereocenters. The Hall–Kier alpha value is -3.07. The van der Waals surface area contributed by atoms with Gasteiger partial charge in [0.1, 0.15) is 6.04 Å². The number of anilines is 1. The normalized spacial score (nSPS) is 27.2. The fraction of sp³-hybridized carbons (Fsp3) is 0.562. The van der Waals surface area contributed by atoms with E-state index < -0.39 is 36.1 Å². The lowest BCUT2D eigenvalue weighted by atomic mass is 9.98. The zero-order valence-corrected chi connectivity index (χ0v) is 24.8. The minimum Gasteiger partial charge on any atom is -0.392 e. The highest BCUT2D eigenvalue weighted by molar-refractivity contribution is 5.98. The second-order valence-electron chi connectivity index (χ2n) is 12.0. The number of alkyl halides is 3. The quantitative estimate of drug-likeness (QED) is 0.470. The molecule has 2 N–H and O–H groups in total. The van der Waals surface area contributed by atoms with E-state index in [0.717, 1.165) is 42.6 Å². The van der Waals surface area contributed by atoms with Crippen LogP contribution in [0.1, 0.15) is 61.2 Å². The van der Waals surface area contributed by atoms with Gasteiger partial charge in [0.05, 0.1) is 32.0 Å². The molecule has 0 radical (unpaired) electrons. The molecule has 0 saturated carbocycles. The van der Waals surface area contributed by atoms with Crippen LogP contribution in [0.4, 0.5) is 18.9 Å². The van der Waals surface area contributed by atoms with Gasteiger partial charge in [-0.15, -0.1) is 0 Å². The third-order valence-corrected chi connectivity index (χ3v) is 9.02. The molecule has 4 aliphatic rings. The summed E-state index contributed by atoms with van der Waals surface area (Å²) in [5.41, 5.74) is 2.87. The van der Waals surface area contributed by atoms with Crippen molar-refractivity contribution in [3.8, 4) is 0 Å². The number of halogens is 3. The number of nitrogens with zero attached hydrogens (tertiary/aromatic N) is 2. The predicted octanol–water partition coefficient (Wildman–Crippen LogP) is 4.06. The Kier molecular flexibility index (Phi) is 9.46. The van der Waals surface area contributed by atoms with Crippen LogP contribution in [0.5, 0.6) is 0 Å². The van der Waals surface area contributed by atoms with E-state index in [2.05, 4.69) is 10.2 Å². The number of carbonyl (C=O) groups is 2. The smallest absolute Gasteiger partial charge is 0.392 e. The Balaban J connectivity index is 1.13. The number of aliphatic hydroxyl groups is 1. The van der Waals surface area contributed by atoms with Crippen LogP contribution in [0.3, 0.4) is 0 Å². The summed E-state index contributed by atoms with van der Waals surface area (Å²) in [4.78, 5) is 27.6. The van der Waals surface area contributed by atoms with Gasteiger partial charge in [-0.2, -0.15) is 13.2 Å². The first kappa shape index (κ1) is 31.9. The summed E-state index contributed by atoms with van der Waals surface area (Å²) >= 11 is 0. The van der Waals surface area contributed by atoms with Gasteiger partial charge in [-0.05, 0) is 36.1 Å². The van der Waals surface area contributed by atoms with Gasteiger partial charge in [0.2, 0.25) is 5.91 Å². The maximum absolute atomic E-state index is 13.0. The number of benzene rings is 2. The third-order valence-electron chi connectivity index (χ3n) is 9.02. The standard InChI is InChI=1S/C32H38F3N3O7/c33-32(34,35)30(41)38-13-1-2-26(38)28(40)36-24-9-7-23(8-10-24)29-44-25(18-27(45-29)22-5-3-21(20-39)4-6-22)19-37-14-11-31(12-15-37)42-16-17-43-31/h3-10,25-27,29,39H,1-2,11-20H2,(H,36,40)/t25-,26-,27+,29+/m0/s1. The number of piperidine rings is 1. The SMILES string of the molecule is O=C(Nc1ccc([C@@H]2O[C@H](CN3CCC4(CC3)OCCO4)C[C@H](c3ccc(CO)cc3)O2)cc1)[C@@H]1CCCN1C(=O)C(F)(F)F. The van der Waals surface area contributed by atoms with Gasteiger partial charge < -0.3 is 39.2 Å². The molecule has 6 rings (SSSR count). The van der Waals surface area contributed by atoms with Crippen LogP contribution < -0.4 is 5.32 Å². The Labute approximate surface area is 259 Å². The fourth-order valence-electron chi connectivity index (χ4n) is 6.58. The summed E-state index contributed by atoms with van der Waals surface area (Å²) < 4.78 is 63.7. The first-order chi connectivity index (χ1) is 21.6. The van der Waals surface area contributed by atoms with Gasteiger partial charge >= 0.3 is 12.1 Å². The third kappa shape index (κ3) is 7.34. The number of hydrogen-bond donors (Lipinski definition) is 2. The lowest BCUT2D eigenvalue weighted by Gasteiger charge is -2.41. The number of hydrogen-bond acceptors (Lipinski definition) is 8. The van der Waals surface area contributed by atoms with Gasteiger partial charge in [-0.3, -0.25) is 9.59 Å². The van der Waals surface area contributed by atoms with Crippen molar-refractivity contribution in [1.82, 2.24) is 9.80 Å². The number of amides is 2. The van der Waals surface area contributed by atoms with Gasteiger partial charge in [0.15, 0.2) is 12.1 Å². The molecular weight excluding hydrogens is 595 g/mol. The molecule has 1 spiro atoms. The summed E-state index contributed by atoms with van der Waals surface area (Å²) in [6.07, 6.45) is -3.45. The van der Waals surface area contributed by atoms with E-state index in [1.54, 1.807) is 24.3 Å². The molecule has 4 fully saturated rings. The maximum Gasteiger partial charge on any atom is 0.471 e. The molecule has 0 unspecified atom stereocenters. The molecule has 13 heteroatoms. The lowest BCUT2D eigenvalue weighted by molar-refractivity contribution is -0.255. The van der Waals surface area contributed by atoms with Crippen LogP contribution in [0, 0.1) is 0 Å². The molecule has 0 bridgehead atoms. The molecular formula is C32H38F3N3O7. The summed E-state index contributed by atoms with van der Waals surface area (Å²) in [7, 11) is 0. The van der Waals surface area contributed by atoms with Crippen molar-refractivity contribution in [1.29, 1.82) is 0 Å². The number of carbonyl (C=O) groups excluding carboxylic acids is 2.